The lowest BCUT2D eigenvalue weighted by molar-refractivity contribution is 0.188. The van der Waals surface area contributed by atoms with Crippen LogP contribution in [-0.4, -0.2) is 24.4 Å². The topological polar surface area (TPSA) is 38.7 Å². The molecule has 0 aliphatic carbocycles. The van der Waals surface area contributed by atoms with Crippen LogP contribution in [0, 0.1) is 5.82 Å². The Labute approximate surface area is 101 Å². The summed E-state index contributed by atoms with van der Waals surface area (Å²) in [6.45, 7) is 5.42. The molecule has 0 saturated heterocycles. The first kappa shape index (κ1) is 13.8. The Bertz CT molecular complexity index is 375. The van der Waals surface area contributed by atoms with Crippen LogP contribution in [0.5, 0.6) is 11.5 Å². The van der Waals surface area contributed by atoms with Gasteiger partial charge < -0.3 is 14.6 Å². The summed E-state index contributed by atoms with van der Waals surface area (Å²) >= 11 is 0. The minimum atomic E-state index is -0.559. The zero-order valence-corrected chi connectivity index (χ0v) is 10.7. The number of aliphatic hydroxyl groups excluding tert-OH is 1. The van der Waals surface area contributed by atoms with Gasteiger partial charge in [-0.15, -0.1) is 0 Å². The Kier molecular flexibility index (Phi) is 4.75. The fourth-order valence-electron chi connectivity index (χ4n) is 1.61. The molecule has 0 aromatic heterocycles. The van der Waals surface area contributed by atoms with Crippen LogP contribution in [0.15, 0.2) is 12.1 Å². The Hall–Kier alpha value is -1.29. The van der Waals surface area contributed by atoms with E-state index in [1.54, 1.807) is 6.92 Å². The molecule has 1 aromatic rings. The molecule has 1 unspecified atom stereocenters. The maximum absolute atomic E-state index is 13.4. The van der Waals surface area contributed by atoms with E-state index in [2.05, 4.69) is 0 Å². The molecular weight excluding hydrogens is 223 g/mol. The second kappa shape index (κ2) is 5.87. The highest BCUT2D eigenvalue weighted by Crippen LogP contribution is 2.34. The van der Waals surface area contributed by atoms with Crippen molar-refractivity contribution in [1.82, 2.24) is 0 Å². The Balaban J connectivity index is 3.18. The highest BCUT2D eigenvalue weighted by Gasteiger charge is 2.16. The lowest BCUT2D eigenvalue weighted by Gasteiger charge is -2.18. The van der Waals surface area contributed by atoms with Gasteiger partial charge in [0.25, 0.3) is 0 Å². The van der Waals surface area contributed by atoms with Crippen LogP contribution < -0.4 is 9.47 Å². The molecule has 1 rings (SSSR count). The molecule has 0 saturated carbocycles. The zero-order valence-electron chi connectivity index (χ0n) is 10.7. The third-order valence-electron chi connectivity index (χ3n) is 2.19. The smallest absolute Gasteiger partial charge is 0.165 e. The van der Waals surface area contributed by atoms with Crippen molar-refractivity contribution >= 4 is 0 Å². The lowest BCUT2D eigenvalue weighted by atomic mass is 10.1. The van der Waals surface area contributed by atoms with E-state index in [9.17, 15) is 9.50 Å². The van der Waals surface area contributed by atoms with Crippen molar-refractivity contribution in [3.63, 3.8) is 0 Å². The van der Waals surface area contributed by atoms with Gasteiger partial charge in [0.1, 0.15) is 5.82 Å². The molecule has 0 spiro atoms. The fourth-order valence-corrected chi connectivity index (χ4v) is 1.61. The maximum atomic E-state index is 13.4. The molecule has 1 N–H and O–H groups in total. The molecule has 0 aliphatic rings. The number of hydrogen-bond donors (Lipinski definition) is 1. The number of halogens is 1. The first-order chi connectivity index (χ1) is 7.93. The van der Waals surface area contributed by atoms with Gasteiger partial charge >= 0.3 is 0 Å². The van der Waals surface area contributed by atoms with Gasteiger partial charge in [0.2, 0.25) is 0 Å². The average Bonchev–Trinajstić information content (AvgIpc) is 2.20. The van der Waals surface area contributed by atoms with Gasteiger partial charge in [-0.25, -0.2) is 4.39 Å². The summed E-state index contributed by atoms with van der Waals surface area (Å²) in [5.41, 5.74) is 0.616. The Morgan fingerprint density at radius 2 is 1.94 bits per heavy atom. The minimum Gasteiger partial charge on any atom is -0.493 e. The summed E-state index contributed by atoms with van der Waals surface area (Å²) in [4.78, 5) is 0. The molecule has 0 bridgehead atoms. The maximum Gasteiger partial charge on any atom is 0.165 e. The molecule has 17 heavy (non-hydrogen) atoms. The van der Waals surface area contributed by atoms with Gasteiger partial charge in [-0.1, -0.05) is 0 Å². The number of aliphatic hydroxyl groups is 1. The number of methoxy groups -OCH3 is 1. The summed E-state index contributed by atoms with van der Waals surface area (Å²) in [5.74, 6) is 0.466. The quantitative estimate of drug-likeness (QED) is 0.862. The monoisotopic (exact) mass is 242 g/mol. The Morgan fingerprint density at radius 3 is 2.41 bits per heavy atom. The van der Waals surface area contributed by atoms with Gasteiger partial charge in [0.15, 0.2) is 11.5 Å². The third kappa shape index (κ3) is 3.89. The van der Waals surface area contributed by atoms with E-state index in [0.29, 0.717) is 23.5 Å². The predicted octanol–water partition coefficient (Wildman–Crippen LogP) is 2.54. The van der Waals surface area contributed by atoms with Crippen molar-refractivity contribution in [1.29, 1.82) is 0 Å². The molecule has 0 radical (unpaired) electrons. The average molecular weight is 242 g/mol. The van der Waals surface area contributed by atoms with Crippen LogP contribution in [0.25, 0.3) is 0 Å². The summed E-state index contributed by atoms with van der Waals surface area (Å²) in [6.07, 6.45) is -0.269. The minimum absolute atomic E-state index is 0.0397. The summed E-state index contributed by atoms with van der Waals surface area (Å²) in [5, 5.41) is 9.40. The van der Waals surface area contributed by atoms with E-state index in [-0.39, 0.29) is 6.10 Å². The van der Waals surface area contributed by atoms with Crippen molar-refractivity contribution in [2.45, 2.75) is 39.4 Å². The Morgan fingerprint density at radius 1 is 1.29 bits per heavy atom. The summed E-state index contributed by atoms with van der Waals surface area (Å²) in [6, 6.07) is 2.65. The second-order valence-corrected chi connectivity index (χ2v) is 4.32. The molecule has 0 amide bonds. The van der Waals surface area contributed by atoms with Crippen LogP contribution in [0.2, 0.25) is 0 Å². The molecule has 0 fully saturated rings. The molecule has 3 nitrogen and oxygen atoms in total. The van der Waals surface area contributed by atoms with E-state index in [4.69, 9.17) is 9.47 Å². The largest absolute Gasteiger partial charge is 0.493 e. The molecular formula is C13H19FO3. The van der Waals surface area contributed by atoms with E-state index < -0.39 is 11.9 Å². The van der Waals surface area contributed by atoms with Gasteiger partial charge in [-0.2, -0.15) is 0 Å². The van der Waals surface area contributed by atoms with Crippen molar-refractivity contribution in [2.75, 3.05) is 7.11 Å². The van der Waals surface area contributed by atoms with E-state index in [0.717, 1.165) is 0 Å². The van der Waals surface area contributed by atoms with Crippen LogP contribution in [0.4, 0.5) is 4.39 Å². The highest BCUT2D eigenvalue weighted by atomic mass is 19.1. The molecule has 4 heteroatoms. The molecule has 1 atom stereocenters. The standard InChI is InChI=1S/C13H19FO3/c1-8(2)17-13-10(5-9(3)15)6-11(14)7-12(13)16-4/h6-9,15H,5H2,1-4H3. The fraction of sp³-hybridized carbons (Fsp3) is 0.538. The first-order valence-electron chi connectivity index (χ1n) is 5.65. The number of benzene rings is 1. The van der Waals surface area contributed by atoms with Gasteiger partial charge in [-0.05, 0) is 26.8 Å². The normalized spacial score (nSPS) is 12.6. The van der Waals surface area contributed by atoms with Crippen molar-refractivity contribution in [2.24, 2.45) is 0 Å². The first-order valence-corrected chi connectivity index (χ1v) is 5.65. The van der Waals surface area contributed by atoms with Crippen LogP contribution >= 0.6 is 0 Å². The summed E-state index contributed by atoms with van der Waals surface area (Å²) in [7, 11) is 1.47. The van der Waals surface area contributed by atoms with Crippen LogP contribution in [-0.2, 0) is 6.42 Å². The molecule has 96 valence electrons. The van der Waals surface area contributed by atoms with Crippen molar-refractivity contribution in [3.05, 3.63) is 23.5 Å². The zero-order chi connectivity index (χ0) is 13.0. The molecule has 1 aromatic carbocycles. The predicted molar refractivity (Wildman–Crippen MR) is 64.1 cm³/mol. The van der Waals surface area contributed by atoms with Gasteiger partial charge in [-0.3, -0.25) is 0 Å². The van der Waals surface area contributed by atoms with Crippen molar-refractivity contribution in [3.8, 4) is 11.5 Å². The summed E-state index contributed by atoms with van der Waals surface area (Å²) < 4.78 is 24.1. The van der Waals surface area contributed by atoms with E-state index >= 15 is 0 Å². The third-order valence-corrected chi connectivity index (χ3v) is 2.19. The molecule has 0 aliphatic heterocycles. The van der Waals surface area contributed by atoms with Crippen molar-refractivity contribution < 1.29 is 19.0 Å². The highest BCUT2D eigenvalue weighted by molar-refractivity contribution is 5.47. The van der Waals surface area contributed by atoms with Gasteiger partial charge in [0, 0.05) is 18.1 Å². The van der Waals surface area contributed by atoms with Crippen LogP contribution in [0.1, 0.15) is 26.3 Å². The lowest BCUT2D eigenvalue weighted by Crippen LogP contribution is -2.12. The second-order valence-electron chi connectivity index (χ2n) is 4.32. The van der Waals surface area contributed by atoms with Crippen LogP contribution in [0.3, 0.4) is 0 Å². The number of hydrogen-bond acceptors (Lipinski definition) is 3. The van der Waals surface area contributed by atoms with E-state index in [1.807, 2.05) is 13.8 Å². The SMILES string of the molecule is COc1cc(F)cc(CC(C)O)c1OC(C)C. The molecule has 0 heterocycles. The van der Waals surface area contributed by atoms with E-state index in [1.165, 1.54) is 19.2 Å². The number of ether oxygens (including phenoxy) is 2. The van der Waals surface area contributed by atoms with Gasteiger partial charge in [0.05, 0.1) is 19.3 Å². The number of rotatable bonds is 5.